The molecule has 94 valence electrons. The van der Waals surface area contributed by atoms with Gasteiger partial charge in [-0.3, -0.25) is 0 Å². The third-order valence-electron chi connectivity index (χ3n) is 3.57. The minimum Gasteiger partial charge on any atom is -0.494 e. The number of hydrogen-bond acceptors (Lipinski definition) is 2. The summed E-state index contributed by atoms with van der Waals surface area (Å²) in [5.74, 6) is 4.27. The quantitative estimate of drug-likeness (QED) is 0.804. The summed E-state index contributed by atoms with van der Waals surface area (Å²) in [5.41, 5.74) is 1.50. The van der Waals surface area contributed by atoms with Gasteiger partial charge < -0.3 is 4.74 Å². The van der Waals surface area contributed by atoms with Crippen molar-refractivity contribution in [2.24, 2.45) is 0 Å². The zero-order valence-corrected chi connectivity index (χ0v) is 11.5. The van der Waals surface area contributed by atoms with Gasteiger partial charge in [0, 0.05) is 5.75 Å². The molecule has 1 aliphatic heterocycles. The van der Waals surface area contributed by atoms with Crippen LogP contribution in [-0.4, -0.2) is 18.1 Å². The molecule has 1 nitrogen and oxygen atoms in total. The van der Waals surface area contributed by atoms with E-state index >= 15 is 0 Å². The molecule has 0 radical (unpaired) electrons. The number of fused-ring (bicyclic) bond motifs is 1. The third kappa shape index (κ3) is 2.22. The van der Waals surface area contributed by atoms with Gasteiger partial charge in [-0.2, -0.15) is 11.8 Å². The molecule has 1 aliphatic rings. The molecule has 0 aliphatic carbocycles. The molecule has 0 amide bonds. The van der Waals surface area contributed by atoms with Crippen LogP contribution in [0.25, 0.3) is 10.8 Å². The molecule has 0 saturated carbocycles. The first-order chi connectivity index (χ1) is 8.88. The van der Waals surface area contributed by atoms with Crippen LogP contribution in [0.1, 0.15) is 24.8 Å². The van der Waals surface area contributed by atoms with Gasteiger partial charge in [0.05, 0.1) is 6.61 Å². The summed E-state index contributed by atoms with van der Waals surface area (Å²) in [6.45, 7) is 2.76. The summed E-state index contributed by atoms with van der Waals surface area (Å²) in [6.07, 6.45) is 1.31. The van der Waals surface area contributed by atoms with Crippen molar-refractivity contribution in [2.45, 2.75) is 19.3 Å². The van der Waals surface area contributed by atoms with Gasteiger partial charge in [0.2, 0.25) is 0 Å². The van der Waals surface area contributed by atoms with Gasteiger partial charge in [-0.15, -0.1) is 0 Å². The van der Waals surface area contributed by atoms with E-state index in [1.165, 1.54) is 34.3 Å². The summed E-state index contributed by atoms with van der Waals surface area (Å²) >= 11 is 2.07. The molecule has 0 N–H and O–H groups in total. The second kappa shape index (κ2) is 5.23. The second-order valence-electron chi connectivity index (χ2n) is 4.72. The highest BCUT2D eigenvalue weighted by Crippen LogP contribution is 2.37. The predicted octanol–water partition coefficient (Wildman–Crippen LogP) is 4.46. The Morgan fingerprint density at radius 2 is 2.22 bits per heavy atom. The van der Waals surface area contributed by atoms with E-state index < -0.39 is 0 Å². The Kier molecular flexibility index (Phi) is 3.46. The highest BCUT2D eigenvalue weighted by molar-refractivity contribution is 7.99. The number of ether oxygens (including phenoxy) is 1. The van der Waals surface area contributed by atoms with Gasteiger partial charge in [0.25, 0.3) is 0 Å². The molecule has 0 spiro atoms. The molecule has 1 atom stereocenters. The highest BCUT2D eigenvalue weighted by Gasteiger charge is 2.19. The summed E-state index contributed by atoms with van der Waals surface area (Å²) < 4.78 is 5.63. The lowest BCUT2D eigenvalue weighted by Crippen LogP contribution is -1.98. The summed E-state index contributed by atoms with van der Waals surface area (Å²) in [5, 5.41) is 2.70. The van der Waals surface area contributed by atoms with Gasteiger partial charge in [-0.1, -0.05) is 24.3 Å². The number of hydrogen-bond donors (Lipinski definition) is 0. The van der Waals surface area contributed by atoms with E-state index in [-0.39, 0.29) is 0 Å². The molecule has 3 rings (SSSR count). The van der Waals surface area contributed by atoms with Crippen LogP contribution in [0.15, 0.2) is 36.4 Å². The van der Waals surface area contributed by atoms with Crippen molar-refractivity contribution in [3.8, 4) is 5.75 Å². The maximum Gasteiger partial charge on any atom is 0.119 e. The molecule has 1 unspecified atom stereocenters. The fourth-order valence-corrected chi connectivity index (χ4v) is 3.92. The molecular weight excluding hydrogens is 240 g/mol. The van der Waals surface area contributed by atoms with E-state index in [0.717, 1.165) is 18.3 Å². The van der Waals surface area contributed by atoms with E-state index in [9.17, 15) is 0 Å². The van der Waals surface area contributed by atoms with Gasteiger partial charge in [0.15, 0.2) is 0 Å². The van der Waals surface area contributed by atoms with E-state index in [2.05, 4.69) is 48.2 Å². The van der Waals surface area contributed by atoms with Crippen molar-refractivity contribution in [2.75, 3.05) is 18.1 Å². The van der Waals surface area contributed by atoms with Crippen molar-refractivity contribution in [1.29, 1.82) is 0 Å². The summed E-state index contributed by atoms with van der Waals surface area (Å²) in [7, 11) is 0. The van der Waals surface area contributed by atoms with Crippen LogP contribution in [0.2, 0.25) is 0 Å². The highest BCUT2D eigenvalue weighted by atomic mass is 32.2. The van der Waals surface area contributed by atoms with Crippen molar-refractivity contribution in [3.63, 3.8) is 0 Å². The normalized spacial score (nSPS) is 19.3. The van der Waals surface area contributed by atoms with E-state index in [1.807, 2.05) is 6.92 Å². The first kappa shape index (κ1) is 11.9. The van der Waals surface area contributed by atoms with E-state index in [4.69, 9.17) is 4.74 Å². The third-order valence-corrected chi connectivity index (χ3v) is 4.73. The van der Waals surface area contributed by atoms with Crippen molar-refractivity contribution >= 4 is 22.5 Å². The minimum atomic E-state index is 0.718. The predicted molar refractivity (Wildman–Crippen MR) is 79.8 cm³/mol. The van der Waals surface area contributed by atoms with Crippen LogP contribution in [0.3, 0.4) is 0 Å². The van der Waals surface area contributed by atoms with Gasteiger partial charge in [0.1, 0.15) is 5.75 Å². The fourth-order valence-electron chi connectivity index (χ4n) is 2.67. The van der Waals surface area contributed by atoms with E-state index in [1.54, 1.807) is 0 Å². The molecular formula is C16H18OS. The smallest absolute Gasteiger partial charge is 0.119 e. The SMILES string of the molecule is CCOc1ccc2cccc(C3CCSC3)c2c1. The Bertz CT molecular complexity index is 544. The lowest BCUT2D eigenvalue weighted by atomic mass is 9.93. The van der Waals surface area contributed by atoms with Crippen molar-refractivity contribution < 1.29 is 4.74 Å². The number of thioether (sulfide) groups is 1. The van der Waals surface area contributed by atoms with Crippen molar-refractivity contribution in [1.82, 2.24) is 0 Å². The topological polar surface area (TPSA) is 9.23 Å². The van der Waals surface area contributed by atoms with Crippen LogP contribution in [-0.2, 0) is 0 Å². The monoisotopic (exact) mass is 258 g/mol. The largest absolute Gasteiger partial charge is 0.494 e. The molecule has 2 heteroatoms. The maximum atomic E-state index is 5.63. The fraction of sp³-hybridized carbons (Fsp3) is 0.375. The zero-order chi connectivity index (χ0) is 12.4. The Balaban J connectivity index is 2.08. The van der Waals surface area contributed by atoms with Crippen molar-refractivity contribution in [3.05, 3.63) is 42.0 Å². The molecule has 0 bridgehead atoms. The maximum absolute atomic E-state index is 5.63. The molecule has 2 aromatic carbocycles. The molecule has 1 heterocycles. The van der Waals surface area contributed by atoms with Crippen LogP contribution in [0.4, 0.5) is 0 Å². The summed E-state index contributed by atoms with van der Waals surface area (Å²) in [6, 6.07) is 13.1. The molecule has 18 heavy (non-hydrogen) atoms. The molecule has 0 aromatic heterocycles. The number of rotatable bonds is 3. The van der Waals surface area contributed by atoms with Crippen LogP contribution in [0.5, 0.6) is 5.75 Å². The second-order valence-corrected chi connectivity index (χ2v) is 5.87. The Hall–Kier alpha value is -1.15. The number of benzene rings is 2. The summed E-state index contributed by atoms with van der Waals surface area (Å²) in [4.78, 5) is 0. The first-order valence-electron chi connectivity index (χ1n) is 6.61. The average molecular weight is 258 g/mol. The van der Waals surface area contributed by atoms with Gasteiger partial charge >= 0.3 is 0 Å². The minimum absolute atomic E-state index is 0.718. The lowest BCUT2D eigenvalue weighted by Gasteiger charge is -2.13. The standard InChI is InChI=1S/C16H18OS/c1-2-17-14-7-6-12-4-3-5-15(16(12)10-14)13-8-9-18-11-13/h3-7,10,13H,2,8-9,11H2,1H3. The van der Waals surface area contributed by atoms with Crippen LogP contribution in [0, 0.1) is 0 Å². The Morgan fingerprint density at radius 1 is 1.28 bits per heavy atom. The van der Waals surface area contributed by atoms with E-state index in [0.29, 0.717) is 0 Å². The average Bonchev–Trinajstić information content (AvgIpc) is 2.92. The Labute approximate surface area is 113 Å². The van der Waals surface area contributed by atoms with Gasteiger partial charge in [-0.25, -0.2) is 0 Å². The molecule has 2 aromatic rings. The first-order valence-corrected chi connectivity index (χ1v) is 7.77. The van der Waals surface area contributed by atoms with Gasteiger partial charge in [-0.05, 0) is 53.5 Å². The molecule has 1 saturated heterocycles. The molecule has 1 fully saturated rings. The lowest BCUT2D eigenvalue weighted by molar-refractivity contribution is 0.340. The van der Waals surface area contributed by atoms with Crippen LogP contribution >= 0.6 is 11.8 Å². The zero-order valence-electron chi connectivity index (χ0n) is 10.7. The Morgan fingerprint density at radius 3 is 3.00 bits per heavy atom. The van der Waals surface area contributed by atoms with Crippen LogP contribution < -0.4 is 4.74 Å².